The second kappa shape index (κ2) is 6.01. The molecule has 2 radical (unpaired) electrons. The number of hydrogen-bond donors (Lipinski definition) is 1. The summed E-state index contributed by atoms with van der Waals surface area (Å²) in [5.41, 5.74) is 0. The van der Waals surface area contributed by atoms with E-state index >= 15 is 0 Å². The third kappa shape index (κ3) is 2.97. The highest BCUT2D eigenvalue weighted by Gasteiger charge is 2.41. The molecule has 1 rings (SSSR count). The van der Waals surface area contributed by atoms with Crippen molar-refractivity contribution in [3.05, 3.63) is 0 Å². The maximum Gasteiger partial charge on any atom is 0.112 e. The molecule has 6 atom stereocenters. The zero-order valence-corrected chi connectivity index (χ0v) is 10.4. The summed E-state index contributed by atoms with van der Waals surface area (Å²) in [6.07, 6.45) is -0.813. The van der Waals surface area contributed by atoms with Crippen LogP contribution < -0.4 is 0 Å². The van der Waals surface area contributed by atoms with E-state index in [4.69, 9.17) is 22.1 Å². The van der Waals surface area contributed by atoms with Gasteiger partial charge in [-0.25, -0.2) is 0 Å². The molecule has 0 bridgehead atoms. The molecule has 0 aromatic carbocycles. The Labute approximate surface area is 98.7 Å². The fourth-order valence-corrected chi connectivity index (χ4v) is 1.81. The zero-order chi connectivity index (χ0) is 12.3. The fraction of sp³-hybridized carbons (Fsp3) is 1.00. The topological polar surface area (TPSA) is 47.9 Å². The Kier molecular flexibility index (Phi) is 5.24. The summed E-state index contributed by atoms with van der Waals surface area (Å²) >= 11 is 0. The first kappa shape index (κ1) is 14.0. The van der Waals surface area contributed by atoms with E-state index in [1.807, 2.05) is 20.8 Å². The predicted octanol–water partition coefficient (Wildman–Crippen LogP) is 0.459. The second-order valence-electron chi connectivity index (χ2n) is 4.28. The Hall–Kier alpha value is -0.0951. The molecule has 1 saturated heterocycles. The number of ether oxygens (including phenoxy) is 3. The summed E-state index contributed by atoms with van der Waals surface area (Å²) in [5.74, 6) is 0. The Balaban J connectivity index is 2.53. The van der Waals surface area contributed by atoms with E-state index in [0.29, 0.717) is 0 Å². The predicted molar refractivity (Wildman–Crippen MR) is 61.5 cm³/mol. The summed E-state index contributed by atoms with van der Waals surface area (Å²) in [7, 11) is 7.40. The monoisotopic (exact) mass is 228 g/mol. The molecule has 0 aromatic heterocycles. The van der Waals surface area contributed by atoms with Gasteiger partial charge in [0.15, 0.2) is 0 Å². The van der Waals surface area contributed by atoms with Gasteiger partial charge in [-0.1, -0.05) is 6.92 Å². The smallest absolute Gasteiger partial charge is 0.112 e. The Morgan fingerprint density at radius 3 is 2.44 bits per heavy atom. The van der Waals surface area contributed by atoms with Crippen LogP contribution in [0.5, 0.6) is 0 Å². The molecule has 1 fully saturated rings. The Bertz CT molecular complexity index is 214. The number of aliphatic hydroxyl groups excluding tert-OH is 1. The van der Waals surface area contributed by atoms with Gasteiger partial charge in [0.2, 0.25) is 0 Å². The molecule has 4 nitrogen and oxygen atoms in total. The molecule has 0 aromatic rings. The van der Waals surface area contributed by atoms with Gasteiger partial charge in [0.1, 0.15) is 20.1 Å². The van der Waals surface area contributed by atoms with Gasteiger partial charge in [0, 0.05) is 13.1 Å². The van der Waals surface area contributed by atoms with Crippen molar-refractivity contribution >= 4 is 7.85 Å². The van der Waals surface area contributed by atoms with Gasteiger partial charge in [-0.05, 0) is 20.3 Å². The third-order valence-corrected chi connectivity index (χ3v) is 3.18. The van der Waals surface area contributed by atoms with E-state index in [1.54, 1.807) is 7.11 Å². The summed E-state index contributed by atoms with van der Waals surface area (Å²) in [6.45, 7) is 5.76. The molecule has 1 aliphatic rings. The standard InChI is InChI=1S/C11H21BO4/c1-5-8-9(13)10(11(12)16-8)15-7(3)6(2)14-4/h6-11,13H,5H2,1-4H3/t6-,7-,8-,9+,10?,11-/m1/s1. The van der Waals surface area contributed by atoms with Crippen LogP contribution in [0, 0.1) is 0 Å². The lowest BCUT2D eigenvalue weighted by molar-refractivity contribution is -0.104. The highest BCUT2D eigenvalue weighted by molar-refractivity contribution is 6.11. The van der Waals surface area contributed by atoms with E-state index in [-0.39, 0.29) is 18.3 Å². The van der Waals surface area contributed by atoms with Gasteiger partial charge in [0.05, 0.1) is 18.3 Å². The van der Waals surface area contributed by atoms with Crippen LogP contribution in [-0.2, 0) is 14.2 Å². The maximum atomic E-state index is 9.95. The molecule has 1 unspecified atom stereocenters. The third-order valence-electron chi connectivity index (χ3n) is 3.18. The van der Waals surface area contributed by atoms with E-state index in [2.05, 4.69) is 0 Å². The van der Waals surface area contributed by atoms with Crippen molar-refractivity contribution in [2.24, 2.45) is 0 Å². The molecule has 1 heterocycles. The maximum absolute atomic E-state index is 9.95. The average Bonchev–Trinajstić information content (AvgIpc) is 2.55. The number of rotatable bonds is 5. The Morgan fingerprint density at radius 2 is 2.00 bits per heavy atom. The largest absolute Gasteiger partial charge is 0.388 e. The van der Waals surface area contributed by atoms with Crippen LogP contribution in [-0.4, -0.2) is 56.6 Å². The lowest BCUT2D eigenvalue weighted by Gasteiger charge is -2.26. The first-order chi connectivity index (χ1) is 7.51. The molecular formula is C11H21BO4. The van der Waals surface area contributed by atoms with Crippen molar-refractivity contribution in [2.45, 2.75) is 63.7 Å². The summed E-state index contributed by atoms with van der Waals surface area (Å²) in [4.78, 5) is 0. The molecule has 5 heteroatoms. The molecular weight excluding hydrogens is 207 g/mol. The number of aliphatic hydroxyl groups is 1. The van der Waals surface area contributed by atoms with Gasteiger partial charge in [-0.2, -0.15) is 0 Å². The highest BCUT2D eigenvalue weighted by Crippen LogP contribution is 2.25. The van der Waals surface area contributed by atoms with Crippen molar-refractivity contribution in [1.29, 1.82) is 0 Å². The molecule has 0 spiro atoms. The van der Waals surface area contributed by atoms with Crippen LogP contribution in [0.15, 0.2) is 0 Å². The molecule has 0 saturated carbocycles. The van der Waals surface area contributed by atoms with E-state index < -0.39 is 18.2 Å². The second-order valence-corrected chi connectivity index (χ2v) is 4.28. The van der Waals surface area contributed by atoms with Crippen LogP contribution in [0.3, 0.4) is 0 Å². The van der Waals surface area contributed by atoms with Crippen molar-refractivity contribution in [1.82, 2.24) is 0 Å². The molecule has 1 aliphatic heterocycles. The van der Waals surface area contributed by atoms with E-state index in [9.17, 15) is 5.11 Å². The van der Waals surface area contributed by atoms with Gasteiger partial charge in [-0.15, -0.1) is 0 Å². The summed E-state index contributed by atoms with van der Waals surface area (Å²) in [5, 5.41) is 9.95. The Morgan fingerprint density at radius 1 is 1.38 bits per heavy atom. The van der Waals surface area contributed by atoms with E-state index in [1.165, 1.54) is 0 Å². The summed E-state index contributed by atoms with van der Waals surface area (Å²) < 4.78 is 16.3. The van der Waals surface area contributed by atoms with Crippen LogP contribution in [0.25, 0.3) is 0 Å². The lowest BCUT2D eigenvalue weighted by atomic mass is 9.92. The first-order valence-electron chi connectivity index (χ1n) is 5.78. The molecule has 0 amide bonds. The van der Waals surface area contributed by atoms with Gasteiger partial charge in [-0.3, -0.25) is 0 Å². The minimum Gasteiger partial charge on any atom is -0.388 e. The normalized spacial score (nSPS) is 38.6. The van der Waals surface area contributed by atoms with Gasteiger partial charge in [0.25, 0.3) is 0 Å². The number of methoxy groups -OCH3 is 1. The van der Waals surface area contributed by atoms with Crippen molar-refractivity contribution in [3.63, 3.8) is 0 Å². The number of hydrogen-bond acceptors (Lipinski definition) is 4. The van der Waals surface area contributed by atoms with Gasteiger partial charge < -0.3 is 19.3 Å². The lowest BCUT2D eigenvalue weighted by Crippen LogP contribution is -2.40. The van der Waals surface area contributed by atoms with Crippen LogP contribution >= 0.6 is 0 Å². The average molecular weight is 228 g/mol. The van der Waals surface area contributed by atoms with Gasteiger partial charge >= 0.3 is 0 Å². The molecule has 1 N–H and O–H groups in total. The minimum atomic E-state index is -0.661. The first-order valence-corrected chi connectivity index (χ1v) is 5.78. The fourth-order valence-electron chi connectivity index (χ4n) is 1.81. The van der Waals surface area contributed by atoms with Crippen LogP contribution in [0.1, 0.15) is 27.2 Å². The van der Waals surface area contributed by atoms with Crippen molar-refractivity contribution in [2.75, 3.05) is 7.11 Å². The quantitative estimate of drug-likeness (QED) is 0.694. The van der Waals surface area contributed by atoms with E-state index in [0.717, 1.165) is 6.42 Å². The van der Waals surface area contributed by atoms with Crippen LogP contribution in [0.4, 0.5) is 0 Å². The molecule has 16 heavy (non-hydrogen) atoms. The minimum absolute atomic E-state index is 0.0416. The van der Waals surface area contributed by atoms with Crippen molar-refractivity contribution < 1.29 is 19.3 Å². The van der Waals surface area contributed by atoms with Crippen LogP contribution in [0.2, 0.25) is 0 Å². The SMILES string of the molecule is [B][C@@H]1O[C@H](CC)[C@H](O)C1O[C@H](C)[C@@H](C)OC. The van der Waals surface area contributed by atoms with Crippen molar-refractivity contribution in [3.8, 4) is 0 Å². The summed E-state index contributed by atoms with van der Waals surface area (Å²) in [6, 6.07) is -0.563. The molecule has 0 aliphatic carbocycles. The highest BCUT2D eigenvalue weighted by atomic mass is 16.6. The molecule has 92 valence electrons. The zero-order valence-electron chi connectivity index (χ0n) is 10.4.